The molecule has 0 radical (unpaired) electrons. The Labute approximate surface area is 93.1 Å². The van der Waals surface area contributed by atoms with Gasteiger partial charge in [-0.1, -0.05) is 6.58 Å². The summed E-state index contributed by atoms with van der Waals surface area (Å²) in [6, 6.07) is 0. The smallest absolute Gasteiger partial charge is 0.273 e. The number of amides is 1. The van der Waals surface area contributed by atoms with E-state index in [9.17, 15) is 13.6 Å². The van der Waals surface area contributed by atoms with Gasteiger partial charge in [-0.15, -0.1) is 0 Å². The zero-order chi connectivity index (χ0) is 11.8. The largest absolute Gasteiger partial charge is 0.368 e. The average molecular weight is 231 g/mol. The van der Waals surface area contributed by atoms with Gasteiger partial charge in [0.2, 0.25) is 5.91 Å². The second-order valence-corrected chi connectivity index (χ2v) is 4.53. The minimum absolute atomic E-state index is 0.139. The minimum atomic E-state index is -2.70. The Bertz CT molecular complexity index is 309. The summed E-state index contributed by atoms with van der Waals surface area (Å²) in [7, 11) is 0. The highest BCUT2D eigenvalue weighted by molar-refractivity contribution is 5.87. The van der Waals surface area contributed by atoms with Crippen molar-refractivity contribution < 1.29 is 18.3 Å². The first kappa shape index (κ1) is 11.5. The van der Waals surface area contributed by atoms with Gasteiger partial charge in [0.1, 0.15) is 6.61 Å². The number of halogens is 2. The van der Waals surface area contributed by atoms with E-state index >= 15 is 0 Å². The van der Waals surface area contributed by atoms with Gasteiger partial charge in [0.25, 0.3) is 5.92 Å². The number of ether oxygens (including phenoxy) is 1. The van der Waals surface area contributed by atoms with Gasteiger partial charge in [-0.2, -0.15) is 0 Å². The molecule has 2 aliphatic heterocycles. The second-order valence-electron chi connectivity index (χ2n) is 4.53. The number of piperidine rings is 1. The van der Waals surface area contributed by atoms with E-state index in [1.54, 1.807) is 4.90 Å². The van der Waals surface area contributed by atoms with Crippen LogP contribution in [-0.4, -0.2) is 42.0 Å². The van der Waals surface area contributed by atoms with Gasteiger partial charge in [0.05, 0.1) is 5.60 Å². The lowest BCUT2D eigenvalue weighted by Gasteiger charge is -2.37. The van der Waals surface area contributed by atoms with Crippen LogP contribution in [0.3, 0.4) is 0 Å². The second kappa shape index (κ2) is 3.80. The summed E-state index contributed by atoms with van der Waals surface area (Å²) in [5.41, 5.74) is -0.707. The topological polar surface area (TPSA) is 29.5 Å². The quantitative estimate of drug-likeness (QED) is 0.641. The summed E-state index contributed by atoms with van der Waals surface area (Å²) in [6.45, 7) is 3.87. The summed E-state index contributed by atoms with van der Waals surface area (Å²) in [6.07, 6.45) is 2.02. The first-order chi connectivity index (χ1) is 7.46. The van der Waals surface area contributed by atoms with Crippen molar-refractivity contribution in [3.8, 4) is 0 Å². The van der Waals surface area contributed by atoms with Crippen molar-refractivity contribution in [1.29, 1.82) is 0 Å². The molecule has 0 N–H and O–H groups in total. The van der Waals surface area contributed by atoms with Crippen molar-refractivity contribution >= 4 is 5.91 Å². The summed E-state index contributed by atoms with van der Waals surface area (Å²) in [4.78, 5) is 12.9. The number of nitrogens with zero attached hydrogens (tertiary/aromatic N) is 1. The molecule has 0 aromatic carbocycles. The molecule has 2 heterocycles. The predicted molar refractivity (Wildman–Crippen MR) is 54.3 cm³/mol. The average Bonchev–Trinajstić information content (AvgIpc) is 2.54. The molecule has 2 aliphatic rings. The van der Waals surface area contributed by atoms with Crippen molar-refractivity contribution in [1.82, 2.24) is 4.90 Å². The summed E-state index contributed by atoms with van der Waals surface area (Å²) in [5, 5.41) is 0. The van der Waals surface area contributed by atoms with Crippen molar-refractivity contribution in [2.45, 2.75) is 30.8 Å². The Kier molecular flexibility index (Phi) is 2.74. The molecule has 16 heavy (non-hydrogen) atoms. The first-order valence-electron chi connectivity index (χ1n) is 5.40. The first-order valence-corrected chi connectivity index (χ1v) is 5.40. The minimum Gasteiger partial charge on any atom is -0.368 e. The Balaban J connectivity index is 1.95. The molecule has 0 atom stereocenters. The van der Waals surface area contributed by atoms with E-state index in [1.807, 2.05) is 0 Å². The predicted octanol–water partition coefficient (Wildman–Crippen LogP) is 1.59. The van der Waals surface area contributed by atoms with Crippen LogP contribution in [0, 0.1) is 0 Å². The van der Waals surface area contributed by atoms with E-state index in [1.165, 1.54) is 6.08 Å². The lowest BCUT2D eigenvalue weighted by Crippen LogP contribution is -2.46. The maximum Gasteiger partial charge on any atom is 0.273 e. The molecule has 1 amide bonds. The number of likely N-dealkylation sites (tertiary alicyclic amines) is 1. The van der Waals surface area contributed by atoms with E-state index in [4.69, 9.17) is 4.74 Å². The lowest BCUT2D eigenvalue weighted by atomic mass is 9.87. The molecule has 0 aromatic heterocycles. The normalized spacial score (nSPS) is 27.0. The molecule has 0 saturated carbocycles. The molecule has 2 saturated heterocycles. The van der Waals surface area contributed by atoms with Crippen LogP contribution >= 0.6 is 0 Å². The third-order valence-electron chi connectivity index (χ3n) is 3.33. The molecule has 2 rings (SSSR count). The maximum atomic E-state index is 13.1. The molecule has 3 nitrogen and oxygen atoms in total. The van der Waals surface area contributed by atoms with E-state index in [-0.39, 0.29) is 12.3 Å². The fraction of sp³-hybridized carbons (Fsp3) is 0.727. The third kappa shape index (κ3) is 2.09. The summed E-state index contributed by atoms with van der Waals surface area (Å²) in [5.74, 6) is -2.84. The van der Waals surface area contributed by atoms with Crippen LogP contribution in [0.25, 0.3) is 0 Å². The van der Waals surface area contributed by atoms with E-state index in [0.717, 1.165) is 0 Å². The van der Waals surface area contributed by atoms with Crippen LogP contribution in [0.15, 0.2) is 12.7 Å². The van der Waals surface area contributed by atoms with E-state index in [0.29, 0.717) is 25.9 Å². The van der Waals surface area contributed by atoms with Crippen LogP contribution in [0.5, 0.6) is 0 Å². The summed E-state index contributed by atoms with van der Waals surface area (Å²) >= 11 is 0. The fourth-order valence-corrected chi connectivity index (χ4v) is 2.42. The molecular weight excluding hydrogens is 216 g/mol. The van der Waals surface area contributed by atoms with Gasteiger partial charge < -0.3 is 9.64 Å². The fourth-order valence-electron chi connectivity index (χ4n) is 2.42. The van der Waals surface area contributed by atoms with Crippen molar-refractivity contribution in [2.24, 2.45) is 0 Å². The Hall–Kier alpha value is -0.970. The number of rotatable bonds is 1. The maximum absolute atomic E-state index is 13.1. The van der Waals surface area contributed by atoms with Crippen molar-refractivity contribution in [3.63, 3.8) is 0 Å². The van der Waals surface area contributed by atoms with Gasteiger partial charge in [-0.3, -0.25) is 4.79 Å². The Morgan fingerprint density at radius 3 is 2.44 bits per heavy atom. The molecule has 1 spiro atoms. The lowest BCUT2D eigenvalue weighted by molar-refractivity contribution is -0.130. The van der Waals surface area contributed by atoms with Gasteiger partial charge in [0, 0.05) is 19.5 Å². The van der Waals surface area contributed by atoms with E-state index < -0.39 is 18.1 Å². The van der Waals surface area contributed by atoms with Crippen LogP contribution in [0.2, 0.25) is 0 Å². The standard InChI is InChI=1S/C11H15F2NO2/c1-2-9(15)14-5-3-10(4-6-14)7-11(12,13)8-16-10/h2H,1,3-8H2. The number of hydrogen-bond donors (Lipinski definition) is 0. The van der Waals surface area contributed by atoms with Crippen LogP contribution in [-0.2, 0) is 9.53 Å². The van der Waals surface area contributed by atoms with Gasteiger partial charge >= 0.3 is 0 Å². The van der Waals surface area contributed by atoms with Crippen LogP contribution in [0.4, 0.5) is 8.78 Å². The molecule has 0 bridgehead atoms. The highest BCUT2D eigenvalue weighted by atomic mass is 19.3. The summed E-state index contributed by atoms with van der Waals surface area (Å²) < 4.78 is 31.4. The highest BCUT2D eigenvalue weighted by Gasteiger charge is 2.51. The van der Waals surface area contributed by atoms with Crippen molar-refractivity contribution in [2.75, 3.05) is 19.7 Å². The molecule has 0 unspecified atom stereocenters. The number of carbonyl (C=O) groups is 1. The molecule has 0 aromatic rings. The molecule has 2 fully saturated rings. The van der Waals surface area contributed by atoms with Gasteiger partial charge in [-0.05, 0) is 18.9 Å². The van der Waals surface area contributed by atoms with Crippen LogP contribution < -0.4 is 0 Å². The molecule has 0 aliphatic carbocycles. The SMILES string of the molecule is C=CC(=O)N1CCC2(CC1)CC(F)(F)CO2. The monoisotopic (exact) mass is 231 g/mol. The highest BCUT2D eigenvalue weighted by Crippen LogP contribution is 2.43. The molecular formula is C11H15F2NO2. The van der Waals surface area contributed by atoms with Crippen LogP contribution in [0.1, 0.15) is 19.3 Å². The van der Waals surface area contributed by atoms with Crippen molar-refractivity contribution in [3.05, 3.63) is 12.7 Å². The Morgan fingerprint density at radius 2 is 2.00 bits per heavy atom. The molecule has 90 valence electrons. The van der Waals surface area contributed by atoms with Gasteiger partial charge in [0.15, 0.2) is 0 Å². The van der Waals surface area contributed by atoms with E-state index in [2.05, 4.69) is 6.58 Å². The Morgan fingerprint density at radius 1 is 1.38 bits per heavy atom. The third-order valence-corrected chi connectivity index (χ3v) is 3.33. The molecule has 5 heteroatoms. The number of hydrogen-bond acceptors (Lipinski definition) is 2. The zero-order valence-electron chi connectivity index (χ0n) is 9.05. The zero-order valence-corrected chi connectivity index (χ0v) is 9.05. The number of carbonyl (C=O) groups excluding carboxylic acids is 1. The van der Waals surface area contributed by atoms with Gasteiger partial charge in [-0.25, -0.2) is 8.78 Å². The number of alkyl halides is 2.